The van der Waals surface area contributed by atoms with Crippen LogP contribution in [0.4, 0.5) is 0 Å². The van der Waals surface area contributed by atoms with Gasteiger partial charge in [-0.25, -0.2) is 9.78 Å². The van der Waals surface area contributed by atoms with E-state index in [2.05, 4.69) is 9.97 Å². The Hall–Kier alpha value is -2.57. The highest BCUT2D eigenvalue weighted by Crippen LogP contribution is 2.26. The normalized spacial score (nSPS) is 11.3. The molecule has 0 saturated carbocycles. The molecule has 0 aliphatic carbocycles. The van der Waals surface area contributed by atoms with E-state index in [4.69, 9.17) is 8.60 Å². The third kappa shape index (κ3) is 2.52. The third-order valence-corrected chi connectivity index (χ3v) is 4.14. The number of nitrogens with one attached hydrogen (secondary N) is 1. The van der Waals surface area contributed by atoms with Crippen LogP contribution in [-0.4, -0.2) is 17.1 Å². The second-order valence-corrected chi connectivity index (χ2v) is 5.97. The third-order valence-electron chi connectivity index (χ3n) is 3.53. The van der Waals surface area contributed by atoms with Gasteiger partial charge in [0.25, 0.3) is 0 Å². The summed E-state index contributed by atoms with van der Waals surface area (Å²) in [5.41, 5.74) is 2.22. The lowest BCUT2D eigenvalue weighted by Crippen LogP contribution is -2.03. The lowest BCUT2D eigenvalue weighted by molar-refractivity contribution is 0.489. The highest BCUT2D eigenvalue weighted by molar-refractivity contribution is 7.94. The molecule has 0 amide bonds. The number of rotatable bonds is 3. The summed E-state index contributed by atoms with van der Waals surface area (Å²) < 4.78 is 10.5. The van der Waals surface area contributed by atoms with Gasteiger partial charge in [0.05, 0.1) is 18.1 Å². The Balaban J connectivity index is 1.88. The number of fused-ring (bicyclic) bond motifs is 2. The van der Waals surface area contributed by atoms with Crippen LogP contribution in [0.3, 0.4) is 0 Å². The first kappa shape index (κ1) is 14.0. The fraction of sp³-hybridized carbons (Fsp3) is 0.0588. The number of hydrogen-bond donors (Lipinski definition) is 1. The molecule has 2 aromatic heterocycles. The summed E-state index contributed by atoms with van der Waals surface area (Å²) in [6.45, 7) is 0. The lowest BCUT2D eigenvalue weighted by Gasteiger charge is -2.02. The van der Waals surface area contributed by atoms with Gasteiger partial charge < -0.3 is 13.6 Å². The minimum atomic E-state index is -0.420. The average Bonchev–Trinajstić information content (AvgIpc) is 2.98. The first-order valence-electron chi connectivity index (χ1n) is 6.98. The van der Waals surface area contributed by atoms with Crippen LogP contribution in [-0.2, 0) is 4.18 Å². The maximum Gasteiger partial charge on any atom is 0.347 e. The van der Waals surface area contributed by atoms with Crippen molar-refractivity contribution in [3.8, 4) is 11.4 Å². The van der Waals surface area contributed by atoms with Crippen LogP contribution in [0.1, 0.15) is 0 Å². The summed E-state index contributed by atoms with van der Waals surface area (Å²) >= 11 is 1.22. The molecule has 4 aromatic rings. The van der Waals surface area contributed by atoms with Crippen molar-refractivity contribution >= 4 is 34.0 Å². The van der Waals surface area contributed by atoms with Gasteiger partial charge in [0.15, 0.2) is 0 Å². The number of benzene rings is 2. The number of hydrogen-bond acceptors (Lipinski definition) is 5. The summed E-state index contributed by atoms with van der Waals surface area (Å²) in [6.07, 6.45) is 0. The summed E-state index contributed by atoms with van der Waals surface area (Å²) in [4.78, 5) is 20.8. The van der Waals surface area contributed by atoms with Crippen molar-refractivity contribution in [2.45, 2.75) is 4.90 Å². The molecule has 0 saturated heterocycles. The first-order chi connectivity index (χ1) is 11.2. The zero-order valence-electron chi connectivity index (χ0n) is 12.2. The van der Waals surface area contributed by atoms with Gasteiger partial charge in [-0.2, -0.15) is 0 Å². The van der Waals surface area contributed by atoms with Crippen molar-refractivity contribution in [2.24, 2.45) is 0 Å². The Labute approximate surface area is 135 Å². The Morgan fingerprint density at radius 1 is 1.17 bits per heavy atom. The number of para-hydroxylation sites is 2. The van der Waals surface area contributed by atoms with E-state index in [1.54, 1.807) is 19.2 Å². The van der Waals surface area contributed by atoms with E-state index in [-0.39, 0.29) is 0 Å². The molecule has 1 N–H and O–H groups in total. The predicted octanol–water partition coefficient (Wildman–Crippen LogP) is 3.99. The molecule has 114 valence electrons. The Kier molecular flexibility index (Phi) is 3.40. The fourth-order valence-electron chi connectivity index (χ4n) is 2.49. The molecule has 0 spiro atoms. The van der Waals surface area contributed by atoms with Crippen LogP contribution < -0.4 is 5.63 Å². The van der Waals surface area contributed by atoms with Crippen LogP contribution in [0, 0.1) is 0 Å². The highest BCUT2D eigenvalue weighted by Gasteiger charge is 2.12. The van der Waals surface area contributed by atoms with Gasteiger partial charge in [-0.05, 0) is 30.3 Å². The molecule has 2 aromatic carbocycles. The van der Waals surface area contributed by atoms with E-state index in [9.17, 15) is 4.79 Å². The van der Waals surface area contributed by atoms with E-state index in [1.165, 1.54) is 12.0 Å². The lowest BCUT2D eigenvalue weighted by atomic mass is 10.2. The van der Waals surface area contributed by atoms with Crippen LogP contribution >= 0.6 is 12.0 Å². The first-order valence-corrected chi connectivity index (χ1v) is 7.72. The molecule has 23 heavy (non-hydrogen) atoms. The van der Waals surface area contributed by atoms with Crippen LogP contribution in [0.15, 0.2) is 62.6 Å². The molecule has 5 nitrogen and oxygen atoms in total. The average molecular weight is 324 g/mol. The zero-order valence-corrected chi connectivity index (χ0v) is 13.0. The zero-order chi connectivity index (χ0) is 15.8. The highest BCUT2D eigenvalue weighted by atomic mass is 32.2. The topological polar surface area (TPSA) is 68.1 Å². The van der Waals surface area contributed by atoms with Crippen LogP contribution in [0.5, 0.6) is 0 Å². The summed E-state index contributed by atoms with van der Waals surface area (Å²) in [6, 6.07) is 15.0. The molecule has 0 radical (unpaired) electrons. The van der Waals surface area contributed by atoms with Gasteiger partial charge in [-0.3, -0.25) is 0 Å². The van der Waals surface area contributed by atoms with Gasteiger partial charge in [0, 0.05) is 22.3 Å². The Morgan fingerprint density at radius 2 is 2.04 bits per heavy atom. The quantitative estimate of drug-likeness (QED) is 0.456. The molecular formula is C17H12N2O3S. The summed E-state index contributed by atoms with van der Waals surface area (Å²) in [5.74, 6) is 0.511. The number of aromatic amines is 1. The van der Waals surface area contributed by atoms with Gasteiger partial charge in [-0.15, -0.1) is 0 Å². The molecule has 2 heterocycles. The van der Waals surface area contributed by atoms with Gasteiger partial charge in [0.1, 0.15) is 17.0 Å². The van der Waals surface area contributed by atoms with Gasteiger partial charge in [-0.1, -0.05) is 18.2 Å². The molecule has 0 aliphatic rings. The Bertz CT molecular complexity index is 1040. The van der Waals surface area contributed by atoms with Crippen molar-refractivity contribution < 1.29 is 8.60 Å². The monoisotopic (exact) mass is 324 g/mol. The molecule has 4 rings (SSSR count). The molecule has 0 unspecified atom stereocenters. The van der Waals surface area contributed by atoms with E-state index in [1.807, 2.05) is 36.4 Å². The predicted molar refractivity (Wildman–Crippen MR) is 90.4 cm³/mol. The van der Waals surface area contributed by atoms with Crippen molar-refractivity contribution in [3.63, 3.8) is 0 Å². The number of aromatic nitrogens is 2. The van der Waals surface area contributed by atoms with E-state index >= 15 is 0 Å². The number of H-pyrrole nitrogens is 1. The van der Waals surface area contributed by atoms with Gasteiger partial charge >= 0.3 is 5.63 Å². The maximum atomic E-state index is 12.3. The number of imidazole rings is 1. The van der Waals surface area contributed by atoms with Crippen molar-refractivity contribution in [2.75, 3.05) is 7.11 Å². The smallest absolute Gasteiger partial charge is 0.347 e. The second-order valence-electron chi connectivity index (χ2n) is 5.00. The van der Waals surface area contributed by atoms with Crippen molar-refractivity contribution in [3.05, 3.63) is 59.0 Å². The van der Waals surface area contributed by atoms with Gasteiger partial charge in [0.2, 0.25) is 0 Å². The SMILES string of the molecule is COSc1ccc2cc(-c3nc4ccccc4[nH]3)c(=O)oc2c1. The van der Waals surface area contributed by atoms with E-state index < -0.39 is 5.63 Å². The second kappa shape index (κ2) is 5.57. The summed E-state index contributed by atoms with van der Waals surface area (Å²) in [7, 11) is 1.59. The number of nitrogens with zero attached hydrogens (tertiary/aromatic N) is 1. The summed E-state index contributed by atoms with van der Waals surface area (Å²) in [5, 5.41) is 0.834. The standard InChI is InChI=1S/C17H12N2O3S/c1-21-23-11-7-6-10-8-12(17(20)22-15(10)9-11)16-18-13-4-2-3-5-14(13)19-16/h2-9H,1H3,(H,18,19). The van der Waals surface area contributed by atoms with Crippen molar-refractivity contribution in [1.82, 2.24) is 9.97 Å². The molecule has 0 aliphatic heterocycles. The Morgan fingerprint density at radius 3 is 2.87 bits per heavy atom. The molecular weight excluding hydrogens is 312 g/mol. The maximum absolute atomic E-state index is 12.3. The van der Waals surface area contributed by atoms with Crippen molar-refractivity contribution in [1.29, 1.82) is 0 Å². The molecule has 0 atom stereocenters. The molecule has 6 heteroatoms. The van der Waals surface area contributed by atoms with Crippen LogP contribution in [0.25, 0.3) is 33.4 Å². The fourth-order valence-corrected chi connectivity index (χ4v) is 2.96. The molecule has 0 fully saturated rings. The molecule has 0 bridgehead atoms. The van der Waals surface area contributed by atoms with E-state index in [0.29, 0.717) is 17.0 Å². The van der Waals surface area contributed by atoms with Crippen LogP contribution in [0.2, 0.25) is 0 Å². The minimum absolute atomic E-state index is 0.417. The van der Waals surface area contributed by atoms with E-state index in [0.717, 1.165) is 21.3 Å². The largest absolute Gasteiger partial charge is 0.422 e. The minimum Gasteiger partial charge on any atom is -0.422 e.